The Balaban J connectivity index is 2.16. The standard InChI is InChI=1S/C10H19N3O2S/c1-3-13-7-4-10(9-13)8-11-5-6-12-16(2,14)15/h4,7,9,11-12H,3,5-6,8H2,1-2H3. The van der Waals surface area contributed by atoms with Gasteiger partial charge in [-0.15, -0.1) is 0 Å². The van der Waals surface area contributed by atoms with Gasteiger partial charge in [-0.25, -0.2) is 13.1 Å². The molecule has 16 heavy (non-hydrogen) atoms. The summed E-state index contributed by atoms with van der Waals surface area (Å²) >= 11 is 0. The van der Waals surface area contributed by atoms with Crippen LogP contribution in [0.5, 0.6) is 0 Å². The summed E-state index contributed by atoms with van der Waals surface area (Å²) in [6.07, 6.45) is 5.27. The van der Waals surface area contributed by atoms with E-state index in [2.05, 4.69) is 33.8 Å². The van der Waals surface area contributed by atoms with E-state index in [0.717, 1.165) is 19.3 Å². The predicted octanol–water partition coefficient (Wildman–Crippen LogP) is 0.147. The number of rotatable bonds is 7. The molecule has 0 amide bonds. The largest absolute Gasteiger partial charge is 0.354 e. The number of aromatic nitrogens is 1. The predicted molar refractivity (Wildman–Crippen MR) is 64.7 cm³/mol. The van der Waals surface area contributed by atoms with Crippen LogP contribution in [0.25, 0.3) is 0 Å². The monoisotopic (exact) mass is 245 g/mol. The molecule has 0 aromatic carbocycles. The molecule has 1 aromatic heterocycles. The molecule has 0 bridgehead atoms. The average Bonchev–Trinajstić information content (AvgIpc) is 2.63. The van der Waals surface area contributed by atoms with E-state index in [1.165, 1.54) is 5.56 Å². The van der Waals surface area contributed by atoms with E-state index < -0.39 is 10.0 Å². The van der Waals surface area contributed by atoms with Gasteiger partial charge in [-0.2, -0.15) is 0 Å². The molecule has 2 N–H and O–H groups in total. The van der Waals surface area contributed by atoms with Gasteiger partial charge in [-0.1, -0.05) is 0 Å². The summed E-state index contributed by atoms with van der Waals surface area (Å²) in [5.74, 6) is 0. The Kier molecular flexibility index (Phi) is 4.98. The first-order valence-corrected chi connectivity index (χ1v) is 7.20. The lowest BCUT2D eigenvalue weighted by molar-refractivity contribution is 0.581. The molecule has 0 aliphatic heterocycles. The SMILES string of the molecule is CCn1ccc(CNCCNS(C)(=O)=O)c1. The van der Waals surface area contributed by atoms with Crippen LogP contribution >= 0.6 is 0 Å². The molecule has 1 aromatic rings. The first-order valence-electron chi connectivity index (χ1n) is 5.31. The molecule has 0 fully saturated rings. The Morgan fingerprint density at radius 1 is 1.38 bits per heavy atom. The fourth-order valence-electron chi connectivity index (χ4n) is 1.35. The average molecular weight is 245 g/mol. The molecule has 5 nitrogen and oxygen atoms in total. The zero-order valence-corrected chi connectivity index (χ0v) is 10.5. The van der Waals surface area contributed by atoms with Gasteiger partial charge in [0.2, 0.25) is 10.0 Å². The second-order valence-electron chi connectivity index (χ2n) is 3.69. The van der Waals surface area contributed by atoms with Crippen molar-refractivity contribution >= 4 is 10.0 Å². The molecule has 0 atom stereocenters. The maximum atomic E-state index is 10.8. The van der Waals surface area contributed by atoms with Crippen LogP contribution in [0.1, 0.15) is 12.5 Å². The number of nitrogens with one attached hydrogen (secondary N) is 2. The highest BCUT2D eigenvalue weighted by molar-refractivity contribution is 7.88. The van der Waals surface area contributed by atoms with Gasteiger partial charge in [0.1, 0.15) is 0 Å². The Hall–Kier alpha value is -0.850. The molecule has 0 radical (unpaired) electrons. The van der Waals surface area contributed by atoms with Crippen molar-refractivity contribution in [3.63, 3.8) is 0 Å². The van der Waals surface area contributed by atoms with Crippen LogP contribution in [0.4, 0.5) is 0 Å². The summed E-state index contributed by atoms with van der Waals surface area (Å²) in [4.78, 5) is 0. The van der Waals surface area contributed by atoms with Crippen LogP contribution in [-0.4, -0.2) is 32.3 Å². The highest BCUT2D eigenvalue weighted by atomic mass is 32.2. The van der Waals surface area contributed by atoms with Gasteiger partial charge in [0.25, 0.3) is 0 Å². The molecule has 0 saturated carbocycles. The van der Waals surface area contributed by atoms with Gasteiger partial charge >= 0.3 is 0 Å². The summed E-state index contributed by atoms with van der Waals surface area (Å²) < 4.78 is 26.1. The lowest BCUT2D eigenvalue weighted by atomic mass is 10.3. The van der Waals surface area contributed by atoms with Gasteiger partial charge in [0.05, 0.1) is 6.26 Å². The number of aryl methyl sites for hydroxylation is 1. The number of hydrogen-bond donors (Lipinski definition) is 2. The minimum absolute atomic E-state index is 0.424. The van der Waals surface area contributed by atoms with Gasteiger partial charge in [-0.05, 0) is 18.6 Å². The highest BCUT2D eigenvalue weighted by Crippen LogP contribution is 1.99. The summed E-state index contributed by atoms with van der Waals surface area (Å²) in [6.45, 7) is 4.87. The van der Waals surface area contributed by atoms with E-state index in [9.17, 15) is 8.42 Å². The van der Waals surface area contributed by atoms with Crippen molar-refractivity contribution in [1.82, 2.24) is 14.6 Å². The number of hydrogen-bond acceptors (Lipinski definition) is 3. The van der Waals surface area contributed by atoms with E-state index >= 15 is 0 Å². The van der Waals surface area contributed by atoms with Crippen molar-refractivity contribution in [3.05, 3.63) is 24.0 Å². The first kappa shape index (κ1) is 13.2. The maximum Gasteiger partial charge on any atom is 0.208 e. The van der Waals surface area contributed by atoms with E-state index in [1.54, 1.807) is 0 Å². The summed E-state index contributed by atoms with van der Waals surface area (Å²) in [5.41, 5.74) is 1.21. The molecular weight excluding hydrogens is 226 g/mol. The second kappa shape index (κ2) is 6.03. The summed E-state index contributed by atoms with van der Waals surface area (Å²) in [5, 5.41) is 3.17. The highest BCUT2D eigenvalue weighted by Gasteiger charge is 1.99. The van der Waals surface area contributed by atoms with Crippen molar-refractivity contribution in [2.45, 2.75) is 20.0 Å². The van der Waals surface area contributed by atoms with Crippen molar-refractivity contribution < 1.29 is 8.42 Å². The fraction of sp³-hybridized carbons (Fsp3) is 0.600. The zero-order chi connectivity index (χ0) is 12.0. The van der Waals surface area contributed by atoms with Crippen molar-refractivity contribution in [2.75, 3.05) is 19.3 Å². The van der Waals surface area contributed by atoms with Gasteiger partial charge in [0.15, 0.2) is 0 Å². The van der Waals surface area contributed by atoms with E-state index in [4.69, 9.17) is 0 Å². The van der Waals surface area contributed by atoms with Crippen LogP contribution < -0.4 is 10.0 Å². The molecule has 0 unspecified atom stereocenters. The minimum Gasteiger partial charge on any atom is -0.354 e. The van der Waals surface area contributed by atoms with Gasteiger partial charge in [0, 0.05) is 38.6 Å². The Morgan fingerprint density at radius 2 is 2.12 bits per heavy atom. The molecular formula is C10H19N3O2S. The fourth-order valence-corrected chi connectivity index (χ4v) is 1.82. The lowest BCUT2D eigenvalue weighted by Gasteiger charge is -2.03. The normalized spacial score (nSPS) is 11.9. The van der Waals surface area contributed by atoms with Gasteiger partial charge < -0.3 is 9.88 Å². The third-order valence-corrected chi connectivity index (χ3v) is 2.90. The van der Waals surface area contributed by atoms with E-state index in [0.29, 0.717) is 13.1 Å². The van der Waals surface area contributed by atoms with Crippen LogP contribution in [0.15, 0.2) is 18.5 Å². The molecule has 0 aliphatic rings. The molecule has 6 heteroatoms. The van der Waals surface area contributed by atoms with Crippen molar-refractivity contribution in [2.24, 2.45) is 0 Å². The third-order valence-electron chi connectivity index (χ3n) is 2.17. The van der Waals surface area contributed by atoms with E-state index in [1.807, 2.05) is 6.20 Å². The topological polar surface area (TPSA) is 63.1 Å². The Morgan fingerprint density at radius 3 is 2.69 bits per heavy atom. The smallest absolute Gasteiger partial charge is 0.208 e. The van der Waals surface area contributed by atoms with Crippen LogP contribution in [0.2, 0.25) is 0 Å². The van der Waals surface area contributed by atoms with Crippen LogP contribution in [0, 0.1) is 0 Å². The second-order valence-corrected chi connectivity index (χ2v) is 5.53. The minimum atomic E-state index is -3.06. The Bertz CT molecular complexity index is 411. The Labute approximate surface area is 96.9 Å². The number of sulfonamides is 1. The molecule has 92 valence electrons. The lowest BCUT2D eigenvalue weighted by Crippen LogP contribution is -2.30. The number of nitrogens with zero attached hydrogens (tertiary/aromatic N) is 1. The van der Waals surface area contributed by atoms with Crippen LogP contribution in [0.3, 0.4) is 0 Å². The third kappa shape index (κ3) is 5.29. The van der Waals surface area contributed by atoms with Crippen LogP contribution in [-0.2, 0) is 23.1 Å². The quantitative estimate of drug-likeness (QED) is 0.672. The summed E-state index contributed by atoms with van der Waals surface area (Å²) in [7, 11) is -3.06. The first-order chi connectivity index (χ1) is 7.51. The molecule has 1 rings (SSSR count). The van der Waals surface area contributed by atoms with Gasteiger partial charge in [-0.3, -0.25) is 0 Å². The van der Waals surface area contributed by atoms with Crippen molar-refractivity contribution in [3.8, 4) is 0 Å². The summed E-state index contributed by atoms with van der Waals surface area (Å²) in [6, 6.07) is 2.06. The molecule has 0 saturated heterocycles. The molecule has 0 spiro atoms. The molecule has 0 aliphatic carbocycles. The molecule has 1 heterocycles. The zero-order valence-electron chi connectivity index (χ0n) is 9.73. The maximum absolute atomic E-state index is 10.8. The van der Waals surface area contributed by atoms with Crippen molar-refractivity contribution in [1.29, 1.82) is 0 Å². The van der Waals surface area contributed by atoms with E-state index in [-0.39, 0.29) is 0 Å².